The Morgan fingerprint density at radius 2 is 1.85 bits per heavy atom. The lowest BCUT2D eigenvalue weighted by atomic mass is 9.97. The Bertz CT molecular complexity index is 788. The zero-order chi connectivity index (χ0) is 18.7. The van der Waals surface area contributed by atoms with Crippen LogP contribution in [0.2, 0.25) is 0 Å². The van der Waals surface area contributed by atoms with Gasteiger partial charge in [-0.1, -0.05) is 0 Å². The predicted molar refractivity (Wildman–Crippen MR) is 99.2 cm³/mol. The number of anilines is 2. The number of carbonyl (C=O) groups excluding carboxylic acids is 1. The minimum Gasteiger partial charge on any atom is -0.369 e. The second kappa shape index (κ2) is 7.74. The van der Waals surface area contributed by atoms with Gasteiger partial charge < -0.3 is 11.1 Å². The minimum absolute atomic E-state index is 0.184. The number of nitrogens with zero attached hydrogens (tertiary/aromatic N) is 5. The number of rotatable bonds is 5. The summed E-state index contributed by atoms with van der Waals surface area (Å²) < 4.78 is 0. The van der Waals surface area contributed by atoms with Gasteiger partial charge >= 0.3 is 0 Å². The van der Waals surface area contributed by atoms with Crippen LogP contribution in [0.4, 0.5) is 11.8 Å². The maximum Gasteiger partial charge on any atom is 0.231 e. The van der Waals surface area contributed by atoms with E-state index in [-0.39, 0.29) is 18.4 Å². The van der Waals surface area contributed by atoms with Crippen LogP contribution >= 0.6 is 0 Å². The molecule has 0 radical (unpaired) electrons. The molecule has 3 N–H and O–H groups in total. The van der Waals surface area contributed by atoms with Gasteiger partial charge in [-0.2, -0.15) is 0 Å². The minimum atomic E-state index is -0.301. The number of piperidine rings is 1. The molecule has 3 rings (SSSR count). The average molecular weight is 355 g/mol. The number of hydrogen-bond donors (Lipinski definition) is 2. The van der Waals surface area contributed by atoms with Crippen molar-refractivity contribution in [1.82, 2.24) is 24.8 Å². The van der Waals surface area contributed by atoms with E-state index in [4.69, 9.17) is 5.73 Å². The van der Waals surface area contributed by atoms with Gasteiger partial charge in [-0.15, -0.1) is 0 Å². The lowest BCUT2D eigenvalue weighted by molar-refractivity contribution is -0.119. The summed E-state index contributed by atoms with van der Waals surface area (Å²) in [5.74, 6) is 1.88. The number of aromatic nitrogens is 4. The lowest BCUT2D eigenvalue weighted by Crippen LogP contribution is -2.40. The summed E-state index contributed by atoms with van der Waals surface area (Å²) in [6, 6.07) is 3.81. The van der Waals surface area contributed by atoms with Crippen molar-refractivity contribution in [2.75, 3.05) is 25.0 Å². The Labute approximate surface area is 153 Å². The summed E-state index contributed by atoms with van der Waals surface area (Å²) in [6.07, 6.45) is 2.00. The molecule has 0 unspecified atom stereocenters. The van der Waals surface area contributed by atoms with E-state index in [0.29, 0.717) is 11.8 Å². The van der Waals surface area contributed by atoms with E-state index >= 15 is 0 Å². The van der Waals surface area contributed by atoms with E-state index in [1.807, 2.05) is 32.9 Å². The highest BCUT2D eigenvalue weighted by Crippen LogP contribution is 2.26. The standard InChI is InChI=1S/C18H25N7O/c1-11-7-12(2)22-18(21-11)24-16-8-13(3)20-17(23-16)14-5-4-6-25(9-14)10-15(19)26/h7-8,14H,4-6,9-10H2,1-3H3,(H2,19,26)(H,20,21,22,23,24)/t14-/m0/s1. The van der Waals surface area contributed by atoms with E-state index in [1.165, 1.54) is 0 Å². The highest BCUT2D eigenvalue weighted by molar-refractivity contribution is 5.75. The molecule has 0 aliphatic carbocycles. The summed E-state index contributed by atoms with van der Waals surface area (Å²) in [5, 5.41) is 3.19. The van der Waals surface area contributed by atoms with E-state index in [1.54, 1.807) is 0 Å². The van der Waals surface area contributed by atoms with Crippen LogP contribution in [0.15, 0.2) is 12.1 Å². The molecule has 0 spiro atoms. The van der Waals surface area contributed by atoms with Crippen LogP contribution in [0.3, 0.4) is 0 Å². The summed E-state index contributed by atoms with van der Waals surface area (Å²) in [4.78, 5) is 31.4. The van der Waals surface area contributed by atoms with Gasteiger partial charge in [0.1, 0.15) is 11.6 Å². The fourth-order valence-electron chi connectivity index (χ4n) is 3.36. The third kappa shape index (κ3) is 4.72. The van der Waals surface area contributed by atoms with Crippen molar-refractivity contribution in [2.24, 2.45) is 5.73 Å². The van der Waals surface area contributed by atoms with Crippen molar-refractivity contribution < 1.29 is 4.79 Å². The largest absolute Gasteiger partial charge is 0.369 e. The Morgan fingerprint density at radius 1 is 1.15 bits per heavy atom. The normalized spacial score (nSPS) is 17.9. The van der Waals surface area contributed by atoms with Crippen molar-refractivity contribution in [3.05, 3.63) is 35.0 Å². The molecule has 8 nitrogen and oxygen atoms in total. The quantitative estimate of drug-likeness (QED) is 0.838. The van der Waals surface area contributed by atoms with Crippen molar-refractivity contribution >= 4 is 17.7 Å². The summed E-state index contributed by atoms with van der Waals surface area (Å²) >= 11 is 0. The Morgan fingerprint density at radius 3 is 2.54 bits per heavy atom. The molecule has 1 saturated heterocycles. The number of likely N-dealkylation sites (tertiary alicyclic amines) is 1. The van der Waals surface area contributed by atoms with Crippen LogP contribution < -0.4 is 11.1 Å². The number of amides is 1. The van der Waals surface area contributed by atoms with Crippen LogP contribution in [0, 0.1) is 20.8 Å². The van der Waals surface area contributed by atoms with Crippen molar-refractivity contribution in [3.63, 3.8) is 0 Å². The molecule has 1 aliphatic heterocycles. The van der Waals surface area contributed by atoms with Crippen molar-refractivity contribution in [3.8, 4) is 0 Å². The average Bonchev–Trinajstić information content (AvgIpc) is 2.53. The molecule has 1 amide bonds. The van der Waals surface area contributed by atoms with Gasteiger partial charge in [0.25, 0.3) is 0 Å². The molecule has 1 atom stereocenters. The molecule has 3 heterocycles. The molecule has 2 aromatic heterocycles. The number of carbonyl (C=O) groups is 1. The molecule has 0 bridgehead atoms. The SMILES string of the molecule is Cc1cc(C)nc(Nc2cc(C)nc([C@H]3CCCN(CC(N)=O)C3)n2)n1. The second-order valence-corrected chi connectivity index (χ2v) is 6.89. The second-order valence-electron chi connectivity index (χ2n) is 6.89. The summed E-state index contributed by atoms with van der Waals surface area (Å²) in [6.45, 7) is 7.73. The van der Waals surface area contributed by atoms with Gasteiger partial charge in [0.05, 0.1) is 6.54 Å². The van der Waals surface area contributed by atoms with Gasteiger partial charge in [-0.05, 0) is 46.2 Å². The number of nitrogens with two attached hydrogens (primary N) is 1. The van der Waals surface area contributed by atoms with Crippen molar-refractivity contribution in [1.29, 1.82) is 0 Å². The summed E-state index contributed by atoms with van der Waals surface area (Å²) in [5.41, 5.74) is 8.02. The third-order valence-electron chi connectivity index (χ3n) is 4.34. The smallest absolute Gasteiger partial charge is 0.231 e. The van der Waals surface area contributed by atoms with Gasteiger partial charge in [0.2, 0.25) is 11.9 Å². The molecule has 0 aromatic carbocycles. The van der Waals surface area contributed by atoms with E-state index in [0.717, 1.165) is 48.8 Å². The lowest BCUT2D eigenvalue weighted by Gasteiger charge is -2.31. The molecule has 2 aromatic rings. The Balaban J connectivity index is 1.79. The maximum absolute atomic E-state index is 11.2. The zero-order valence-corrected chi connectivity index (χ0v) is 15.5. The van der Waals surface area contributed by atoms with Crippen LogP contribution in [0.5, 0.6) is 0 Å². The number of aryl methyl sites for hydroxylation is 3. The zero-order valence-electron chi connectivity index (χ0n) is 15.5. The molecule has 0 saturated carbocycles. The van der Waals surface area contributed by atoms with Crippen LogP contribution in [-0.2, 0) is 4.79 Å². The molecular formula is C18H25N7O. The summed E-state index contributed by atoms with van der Waals surface area (Å²) in [7, 11) is 0. The van der Waals surface area contributed by atoms with Gasteiger partial charge in [0, 0.05) is 35.6 Å². The molecule has 8 heteroatoms. The van der Waals surface area contributed by atoms with Crippen molar-refractivity contribution in [2.45, 2.75) is 39.5 Å². The fraction of sp³-hybridized carbons (Fsp3) is 0.500. The maximum atomic E-state index is 11.2. The number of primary amides is 1. The third-order valence-corrected chi connectivity index (χ3v) is 4.34. The molecule has 1 aliphatic rings. The highest BCUT2D eigenvalue weighted by Gasteiger charge is 2.24. The first-order valence-electron chi connectivity index (χ1n) is 8.84. The van der Waals surface area contributed by atoms with Gasteiger partial charge in [-0.3, -0.25) is 9.69 Å². The van der Waals surface area contributed by atoms with Crippen LogP contribution in [-0.4, -0.2) is 50.4 Å². The number of hydrogen-bond acceptors (Lipinski definition) is 7. The van der Waals surface area contributed by atoms with E-state index in [2.05, 4.69) is 30.2 Å². The highest BCUT2D eigenvalue weighted by atomic mass is 16.1. The predicted octanol–water partition coefficient (Wildman–Crippen LogP) is 1.60. The molecular weight excluding hydrogens is 330 g/mol. The Hall–Kier alpha value is -2.61. The molecule has 138 valence electrons. The van der Waals surface area contributed by atoms with Crippen LogP contribution in [0.1, 0.15) is 41.7 Å². The molecule has 1 fully saturated rings. The first-order valence-corrected chi connectivity index (χ1v) is 8.84. The van der Waals surface area contributed by atoms with Gasteiger partial charge in [0.15, 0.2) is 0 Å². The monoisotopic (exact) mass is 355 g/mol. The van der Waals surface area contributed by atoms with E-state index in [9.17, 15) is 4.79 Å². The van der Waals surface area contributed by atoms with Gasteiger partial charge in [-0.25, -0.2) is 19.9 Å². The van der Waals surface area contributed by atoms with Crippen LogP contribution in [0.25, 0.3) is 0 Å². The number of nitrogens with one attached hydrogen (secondary N) is 1. The Kier molecular flexibility index (Phi) is 5.41. The fourth-order valence-corrected chi connectivity index (χ4v) is 3.36. The first kappa shape index (κ1) is 18.2. The topological polar surface area (TPSA) is 110 Å². The van der Waals surface area contributed by atoms with E-state index < -0.39 is 0 Å². The molecule has 26 heavy (non-hydrogen) atoms. The first-order chi connectivity index (χ1) is 12.4.